The van der Waals surface area contributed by atoms with E-state index >= 15 is 0 Å². The fourth-order valence-electron chi connectivity index (χ4n) is 2.69. The van der Waals surface area contributed by atoms with Crippen molar-refractivity contribution >= 4 is 22.4 Å². The zero-order valence-corrected chi connectivity index (χ0v) is 13.7. The van der Waals surface area contributed by atoms with Crippen LogP contribution in [0.1, 0.15) is 18.2 Å². The summed E-state index contributed by atoms with van der Waals surface area (Å²) < 4.78 is 0. The molecule has 22 heavy (non-hydrogen) atoms. The summed E-state index contributed by atoms with van der Waals surface area (Å²) in [7, 11) is 0. The lowest BCUT2D eigenvalue weighted by molar-refractivity contribution is -0.129. The number of amides is 1. The molecule has 2 aromatic rings. The summed E-state index contributed by atoms with van der Waals surface area (Å²) in [5.41, 5.74) is 2.52. The van der Waals surface area contributed by atoms with Crippen LogP contribution in [0, 0.1) is 0 Å². The molecule has 3 rings (SSSR count). The van der Waals surface area contributed by atoms with E-state index in [4.69, 9.17) is 4.98 Å². The molecule has 0 spiro atoms. The van der Waals surface area contributed by atoms with Gasteiger partial charge in [-0.25, -0.2) is 4.98 Å². The molecule has 2 heterocycles. The number of piperazine rings is 1. The SMILES string of the molecule is CC(=O)N1CCN(c2nc(CCc3ccccc3)cs2)CC1. The van der Waals surface area contributed by atoms with Crippen LogP contribution in [0.4, 0.5) is 5.13 Å². The fourth-order valence-corrected chi connectivity index (χ4v) is 3.60. The van der Waals surface area contributed by atoms with Gasteiger partial charge in [0.15, 0.2) is 5.13 Å². The molecule has 1 amide bonds. The lowest BCUT2D eigenvalue weighted by Gasteiger charge is -2.33. The maximum atomic E-state index is 11.4. The highest BCUT2D eigenvalue weighted by molar-refractivity contribution is 7.13. The molecule has 1 aromatic heterocycles. The molecule has 1 aliphatic rings. The van der Waals surface area contributed by atoms with Gasteiger partial charge in [-0.15, -0.1) is 11.3 Å². The average Bonchev–Trinajstić information content (AvgIpc) is 3.03. The van der Waals surface area contributed by atoms with E-state index in [2.05, 4.69) is 34.5 Å². The van der Waals surface area contributed by atoms with Crippen molar-refractivity contribution in [2.24, 2.45) is 0 Å². The van der Waals surface area contributed by atoms with E-state index in [1.807, 2.05) is 11.0 Å². The second-order valence-electron chi connectivity index (χ2n) is 5.60. The number of aromatic nitrogens is 1. The number of hydrogen-bond acceptors (Lipinski definition) is 4. The van der Waals surface area contributed by atoms with Gasteiger partial charge >= 0.3 is 0 Å². The summed E-state index contributed by atoms with van der Waals surface area (Å²) in [6.45, 7) is 5.00. The Bertz CT molecular complexity index is 618. The number of carbonyl (C=O) groups is 1. The van der Waals surface area contributed by atoms with Gasteiger partial charge in [-0.05, 0) is 18.4 Å². The minimum atomic E-state index is 0.169. The average molecular weight is 315 g/mol. The summed E-state index contributed by atoms with van der Waals surface area (Å²) in [4.78, 5) is 20.3. The molecule has 0 aliphatic carbocycles. The molecular weight excluding hydrogens is 294 g/mol. The first-order chi connectivity index (χ1) is 10.7. The summed E-state index contributed by atoms with van der Waals surface area (Å²) in [5.74, 6) is 0.169. The number of anilines is 1. The Hall–Kier alpha value is -1.88. The molecule has 1 aromatic carbocycles. The summed E-state index contributed by atoms with van der Waals surface area (Å²) in [6.07, 6.45) is 2.01. The number of hydrogen-bond donors (Lipinski definition) is 0. The molecule has 4 nitrogen and oxygen atoms in total. The molecular formula is C17H21N3OS. The van der Waals surface area contributed by atoms with Crippen molar-refractivity contribution in [2.75, 3.05) is 31.1 Å². The van der Waals surface area contributed by atoms with Crippen molar-refractivity contribution in [3.05, 3.63) is 47.0 Å². The van der Waals surface area contributed by atoms with E-state index in [0.29, 0.717) is 0 Å². The Morgan fingerprint density at radius 3 is 2.55 bits per heavy atom. The van der Waals surface area contributed by atoms with E-state index in [-0.39, 0.29) is 5.91 Å². The predicted octanol–water partition coefficient (Wildman–Crippen LogP) is 2.60. The lowest BCUT2D eigenvalue weighted by Crippen LogP contribution is -2.48. The van der Waals surface area contributed by atoms with Gasteiger partial charge in [-0.2, -0.15) is 0 Å². The maximum Gasteiger partial charge on any atom is 0.219 e. The smallest absolute Gasteiger partial charge is 0.219 e. The van der Waals surface area contributed by atoms with Gasteiger partial charge in [0.05, 0.1) is 5.69 Å². The van der Waals surface area contributed by atoms with Crippen molar-refractivity contribution in [1.29, 1.82) is 0 Å². The minimum Gasteiger partial charge on any atom is -0.345 e. The largest absolute Gasteiger partial charge is 0.345 e. The molecule has 5 heteroatoms. The molecule has 0 radical (unpaired) electrons. The Balaban J connectivity index is 1.54. The highest BCUT2D eigenvalue weighted by Crippen LogP contribution is 2.22. The van der Waals surface area contributed by atoms with Gasteiger partial charge in [-0.1, -0.05) is 30.3 Å². The number of nitrogens with zero attached hydrogens (tertiary/aromatic N) is 3. The van der Waals surface area contributed by atoms with Crippen LogP contribution in [0.2, 0.25) is 0 Å². The summed E-state index contributed by atoms with van der Waals surface area (Å²) >= 11 is 1.71. The van der Waals surface area contributed by atoms with Crippen LogP contribution in [0.3, 0.4) is 0 Å². The fraction of sp³-hybridized carbons (Fsp3) is 0.412. The number of rotatable bonds is 4. The Morgan fingerprint density at radius 1 is 1.14 bits per heavy atom. The first kappa shape index (κ1) is 15.0. The van der Waals surface area contributed by atoms with Gasteiger partial charge in [-0.3, -0.25) is 4.79 Å². The molecule has 1 aliphatic heterocycles. The Morgan fingerprint density at radius 2 is 1.86 bits per heavy atom. The van der Waals surface area contributed by atoms with Crippen LogP contribution in [-0.2, 0) is 17.6 Å². The molecule has 0 unspecified atom stereocenters. The van der Waals surface area contributed by atoms with E-state index in [9.17, 15) is 4.79 Å². The number of thiazole rings is 1. The Labute approximate surface area is 135 Å². The minimum absolute atomic E-state index is 0.169. The van der Waals surface area contributed by atoms with Crippen molar-refractivity contribution in [1.82, 2.24) is 9.88 Å². The van der Waals surface area contributed by atoms with Crippen molar-refractivity contribution in [3.8, 4) is 0 Å². The molecule has 0 bridgehead atoms. The van der Waals surface area contributed by atoms with E-state index in [0.717, 1.165) is 49.8 Å². The van der Waals surface area contributed by atoms with Gasteiger partial charge in [0.25, 0.3) is 0 Å². The summed E-state index contributed by atoms with van der Waals surface area (Å²) in [6, 6.07) is 10.5. The van der Waals surface area contributed by atoms with Crippen LogP contribution in [0.15, 0.2) is 35.7 Å². The van der Waals surface area contributed by atoms with Gasteiger partial charge in [0.2, 0.25) is 5.91 Å². The second kappa shape index (κ2) is 6.92. The zero-order valence-electron chi connectivity index (χ0n) is 12.9. The first-order valence-electron chi connectivity index (χ1n) is 7.71. The van der Waals surface area contributed by atoms with Crippen molar-refractivity contribution in [2.45, 2.75) is 19.8 Å². The lowest BCUT2D eigenvalue weighted by atomic mass is 10.1. The second-order valence-corrected chi connectivity index (χ2v) is 6.44. The van der Waals surface area contributed by atoms with Crippen LogP contribution in [0.5, 0.6) is 0 Å². The normalized spacial score (nSPS) is 15.1. The van der Waals surface area contributed by atoms with Gasteiger partial charge < -0.3 is 9.80 Å². The molecule has 0 N–H and O–H groups in total. The van der Waals surface area contributed by atoms with E-state index in [1.54, 1.807) is 18.3 Å². The Kier molecular flexibility index (Phi) is 4.73. The van der Waals surface area contributed by atoms with Crippen molar-refractivity contribution in [3.63, 3.8) is 0 Å². The number of aryl methyl sites for hydroxylation is 2. The highest BCUT2D eigenvalue weighted by atomic mass is 32.1. The maximum absolute atomic E-state index is 11.4. The van der Waals surface area contributed by atoms with Crippen LogP contribution in [0.25, 0.3) is 0 Å². The third-order valence-electron chi connectivity index (χ3n) is 4.05. The van der Waals surface area contributed by atoms with Crippen LogP contribution >= 0.6 is 11.3 Å². The summed E-state index contributed by atoms with van der Waals surface area (Å²) in [5, 5.41) is 3.25. The van der Waals surface area contributed by atoms with Crippen LogP contribution < -0.4 is 4.90 Å². The third-order valence-corrected chi connectivity index (χ3v) is 5.00. The van der Waals surface area contributed by atoms with Gasteiger partial charge in [0, 0.05) is 38.5 Å². The van der Waals surface area contributed by atoms with Crippen molar-refractivity contribution < 1.29 is 4.79 Å². The standard InChI is InChI=1S/C17H21N3OS/c1-14(21)19-9-11-20(12-10-19)17-18-16(13-22-17)8-7-15-5-3-2-4-6-15/h2-6,13H,7-12H2,1H3. The molecule has 116 valence electrons. The van der Waals surface area contributed by atoms with Gasteiger partial charge in [0.1, 0.15) is 0 Å². The number of benzene rings is 1. The van der Waals surface area contributed by atoms with Crippen LogP contribution in [-0.4, -0.2) is 42.0 Å². The quantitative estimate of drug-likeness (QED) is 0.870. The van der Waals surface area contributed by atoms with E-state index in [1.165, 1.54) is 5.56 Å². The first-order valence-corrected chi connectivity index (χ1v) is 8.59. The highest BCUT2D eigenvalue weighted by Gasteiger charge is 2.20. The zero-order chi connectivity index (χ0) is 15.4. The predicted molar refractivity (Wildman–Crippen MR) is 90.4 cm³/mol. The monoisotopic (exact) mass is 315 g/mol. The topological polar surface area (TPSA) is 36.4 Å². The molecule has 0 atom stereocenters. The van der Waals surface area contributed by atoms with E-state index < -0.39 is 0 Å². The molecule has 0 saturated carbocycles. The number of carbonyl (C=O) groups excluding carboxylic acids is 1. The third kappa shape index (κ3) is 3.65. The molecule has 1 saturated heterocycles. The molecule has 1 fully saturated rings.